The molecule has 0 fully saturated rings. The van der Waals surface area contributed by atoms with Gasteiger partial charge < -0.3 is 0 Å². The van der Waals surface area contributed by atoms with Gasteiger partial charge in [0.2, 0.25) is 0 Å². The molecule has 1 rings (SSSR count). The topological polar surface area (TPSA) is 67.5 Å². The zero-order chi connectivity index (χ0) is 12.0. The fourth-order valence-corrected chi connectivity index (χ4v) is 1.23. The van der Waals surface area contributed by atoms with Gasteiger partial charge in [0.15, 0.2) is 0 Å². The number of nitrogens with zero attached hydrogens (tertiary/aromatic N) is 2. The van der Waals surface area contributed by atoms with Gasteiger partial charge in [-0.25, -0.2) is 0 Å². The van der Waals surface area contributed by atoms with Gasteiger partial charge in [0.1, 0.15) is 5.69 Å². The third-order valence-electron chi connectivity index (χ3n) is 1.85. The normalized spacial score (nSPS) is 10.6. The number of unbranched alkanes of at least 4 members (excludes halogenated alkanes) is 1. The van der Waals surface area contributed by atoms with E-state index >= 15 is 0 Å². The second-order valence-electron chi connectivity index (χ2n) is 3.13. The maximum Gasteiger partial charge on any atom is 0.295 e. The summed E-state index contributed by atoms with van der Waals surface area (Å²) in [5.74, 6) is 0. The molecule has 16 heavy (non-hydrogen) atoms. The minimum atomic E-state index is -0.496. The third kappa shape index (κ3) is 3.51. The first-order chi connectivity index (χ1) is 7.65. The molecule has 0 atom stereocenters. The maximum absolute atomic E-state index is 10.7. The molecular formula is C10H12ClN3O2. The van der Waals surface area contributed by atoms with Crippen molar-refractivity contribution in [3.8, 4) is 0 Å². The van der Waals surface area contributed by atoms with E-state index in [0.717, 1.165) is 12.8 Å². The maximum atomic E-state index is 10.7. The first kappa shape index (κ1) is 12.4. The van der Waals surface area contributed by atoms with Crippen molar-refractivity contribution in [2.45, 2.75) is 19.8 Å². The van der Waals surface area contributed by atoms with E-state index in [1.165, 1.54) is 12.1 Å². The van der Waals surface area contributed by atoms with Crippen molar-refractivity contribution in [1.82, 2.24) is 0 Å². The number of nitrogens with one attached hydrogen (secondary N) is 1. The summed E-state index contributed by atoms with van der Waals surface area (Å²) < 4.78 is 0. The standard InChI is InChI=1S/C10H12ClN3O2/c1-2-3-6-12-13-9-5-4-8(11)7-10(9)14(15)16/h4-7,13H,2-3H2,1H3/b12-6+. The lowest BCUT2D eigenvalue weighted by Gasteiger charge is -2.01. The van der Waals surface area contributed by atoms with Crippen LogP contribution < -0.4 is 5.43 Å². The van der Waals surface area contributed by atoms with Crippen LogP contribution in [0.4, 0.5) is 11.4 Å². The van der Waals surface area contributed by atoms with E-state index in [4.69, 9.17) is 11.6 Å². The van der Waals surface area contributed by atoms with E-state index in [0.29, 0.717) is 10.7 Å². The number of anilines is 1. The number of nitro benzene ring substituents is 1. The first-order valence-corrected chi connectivity index (χ1v) is 5.24. The van der Waals surface area contributed by atoms with Gasteiger partial charge in [0, 0.05) is 17.3 Å². The molecule has 0 spiro atoms. The molecule has 0 aliphatic carbocycles. The van der Waals surface area contributed by atoms with E-state index < -0.39 is 4.92 Å². The summed E-state index contributed by atoms with van der Waals surface area (Å²) in [6, 6.07) is 4.40. The Bertz CT molecular complexity index is 407. The van der Waals surface area contributed by atoms with Crippen molar-refractivity contribution in [3.05, 3.63) is 33.3 Å². The highest BCUT2D eigenvalue weighted by Gasteiger charge is 2.13. The highest BCUT2D eigenvalue weighted by Crippen LogP contribution is 2.27. The molecule has 0 heterocycles. The smallest absolute Gasteiger partial charge is 0.272 e. The van der Waals surface area contributed by atoms with Crippen molar-refractivity contribution in [2.24, 2.45) is 5.10 Å². The van der Waals surface area contributed by atoms with Gasteiger partial charge >= 0.3 is 0 Å². The highest BCUT2D eigenvalue weighted by molar-refractivity contribution is 6.30. The molecule has 1 N–H and O–H groups in total. The Kier molecular flexibility index (Phi) is 4.72. The van der Waals surface area contributed by atoms with E-state index in [-0.39, 0.29) is 5.69 Å². The molecule has 0 aliphatic heterocycles. The van der Waals surface area contributed by atoms with Crippen molar-refractivity contribution < 1.29 is 4.92 Å². The molecular weight excluding hydrogens is 230 g/mol. The molecule has 0 bridgehead atoms. The predicted octanol–water partition coefficient (Wildman–Crippen LogP) is 3.45. The van der Waals surface area contributed by atoms with Crippen LogP contribution in [-0.4, -0.2) is 11.1 Å². The van der Waals surface area contributed by atoms with Crippen LogP contribution in [0.2, 0.25) is 5.02 Å². The summed E-state index contributed by atoms with van der Waals surface area (Å²) in [6.45, 7) is 2.02. The van der Waals surface area contributed by atoms with Crippen LogP contribution in [0.1, 0.15) is 19.8 Å². The lowest BCUT2D eigenvalue weighted by atomic mass is 10.3. The summed E-state index contributed by atoms with van der Waals surface area (Å²) in [5, 5.41) is 14.9. The van der Waals surface area contributed by atoms with Crippen LogP contribution in [0.25, 0.3) is 0 Å². The zero-order valence-corrected chi connectivity index (χ0v) is 9.57. The van der Waals surface area contributed by atoms with Crippen LogP contribution in [-0.2, 0) is 0 Å². The Labute approximate surface area is 98.3 Å². The molecule has 0 saturated carbocycles. The molecule has 0 unspecified atom stereocenters. The second-order valence-corrected chi connectivity index (χ2v) is 3.57. The van der Waals surface area contributed by atoms with Gasteiger partial charge in [0.25, 0.3) is 5.69 Å². The Morgan fingerprint density at radius 1 is 1.62 bits per heavy atom. The number of rotatable bonds is 5. The van der Waals surface area contributed by atoms with Crippen LogP contribution in [0.5, 0.6) is 0 Å². The minimum absolute atomic E-state index is 0.0823. The van der Waals surface area contributed by atoms with Crippen LogP contribution >= 0.6 is 11.6 Å². The van der Waals surface area contributed by atoms with E-state index in [1.807, 2.05) is 6.92 Å². The Morgan fingerprint density at radius 3 is 3.00 bits per heavy atom. The summed E-state index contributed by atoms with van der Waals surface area (Å²) in [4.78, 5) is 10.2. The van der Waals surface area contributed by atoms with Crippen molar-refractivity contribution in [2.75, 3.05) is 5.43 Å². The van der Waals surface area contributed by atoms with Gasteiger partial charge in [-0.3, -0.25) is 15.5 Å². The lowest BCUT2D eigenvalue weighted by molar-refractivity contribution is -0.383. The number of hydrogen-bond acceptors (Lipinski definition) is 4. The molecule has 1 aromatic rings. The van der Waals surface area contributed by atoms with E-state index in [9.17, 15) is 10.1 Å². The van der Waals surface area contributed by atoms with Crippen LogP contribution in [0.15, 0.2) is 23.3 Å². The average Bonchev–Trinajstić information content (AvgIpc) is 2.26. The molecule has 1 aromatic carbocycles. The molecule has 5 nitrogen and oxygen atoms in total. The lowest BCUT2D eigenvalue weighted by Crippen LogP contribution is -1.96. The number of hydrazone groups is 1. The fraction of sp³-hybridized carbons (Fsp3) is 0.300. The van der Waals surface area contributed by atoms with Gasteiger partial charge in [-0.2, -0.15) is 5.10 Å². The first-order valence-electron chi connectivity index (χ1n) is 4.86. The summed E-state index contributed by atoms with van der Waals surface area (Å²) in [5.41, 5.74) is 2.88. The van der Waals surface area contributed by atoms with E-state index in [2.05, 4.69) is 10.5 Å². The Morgan fingerprint density at radius 2 is 2.38 bits per heavy atom. The van der Waals surface area contributed by atoms with Gasteiger partial charge in [-0.1, -0.05) is 24.9 Å². The number of nitro groups is 1. The van der Waals surface area contributed by atoms with Gasteiger partial charge in [-0.05, 0) is 18.6 Å². The molecule has 6 heteroatoms. The zero-order valence-electron chi connectivity index (χ0n) is 8.81. The largest absolute Gasteiger partial charge is 0.295 e. The highest BCUT2D eigenvalue weighted by atomic mass is 35.5. The van der Waals surface area contributed by atoms with Gasteiger partial charge in [-0.15, -0.1) is 0 Å². The van der Waals surface area contributed by atoms with Crippen LogP contribution in [0.3, 0.4) is 0 Å². The number of benzene rings is 1. The SMILES string of the molecule is CCC/C=N/Nc1ccc(Cl)cc1[N+](=O)[O-]. The van der Waals surface area contributed by atoms with E-state index in [1.54, 1.807) is 12.3 Å². The third-order valence-corrected chi connectivity index (χ3v) is 2.09. The molecule has 86 valence electrons. The van der Waals surface area contributed by atoms with Crippen molar-refractivity contribution >= 4 is 29.2 Å². The number of halogens is 1. The quantitative estimate of drug-likeness (QED) is 0.488. The van der Waals surface area contributed by atoms with Crippen molar-refractivity contribution in [3.63, 3.8) is 0 Å². The van der Waals surface area contributed by atoms with Crippen LogP contribution in [0, 0.1) is 10.1 Å². The fourth-order valence-electron chi connectivity index (χ4n) is 1.06. The summed E-state index contributed by atoms with van der Waals surface area (Å²) >= 11 is 5.67. The molecule has 0 amide bonds. The Balaban J connectivity index is 2.82. The summed E-state index contributed by atoms with van der Waals surface area (Å²) in [7, 11) is 0. The van der Waals surface area contributed by atoms with Gasteiger partial charge in [0.05, 0.1) is 4.92 Å². The Hall–Kier alpha value is -1.62. The second kappa shape index (κ2) is 6.07. The summed E-state index contributed by atoms with van der Waals surface area (Å²) in [6.07, 6.45) is 3.49. The molecule has 0 aliphatic rings. The molecule has 0 aromatic heterocycles. The predicted molar refractivity (Wildman–Crippen MR) is 65.1 cm³/mol. The molecule has 0 radical (unpaired) electrons. The number of hydrogen-bond donors (Lipinski definition) is 1. The van der Waals surface area contributed by atoms with Crippen molar-refractivity contribution in [1.29, 1.82) is 0 Å². The monoisotopic (exact) mass is 241 g/mol. The minimum Gasteiger partial charge on any atom is -0.272 e. The molecule has 0 saturated heterocycles. The average molecular weight is 242 g/mol.